The molecule has 0 amide bonds. The van der Waals surface area contributed by atoms with Gasteiger partial charge >= 0.3 is 29.6 Å². The quantitative estimate of drug-likeness (QED) is 0.259. The molecule has 0 aliphatic rings. The van der Waals surface area contributed by atoms with Crippen molar-refractivity contribution in [2.24, 2.45) is 0 Å². The fraction of sp³-hybridized carbons (Fsp3) is 1.00. The summed E-state index contributed by atoms with van der Waals surface area (Å²) in [5.74, 6) is 0. The van der Waals surface area contributed by atoms with Crippen LogP contribution >= 0.6 is 7.82 Å². The van der Waals surface area contributed by atoms with Crippen LogP contribution in [0.25, 0.3) is 0 Å². The Kier molecular flexibility index (Phi) is 33.9. The first-order valence-electron chi connectivity index (χ1n) is 7.22. The summed E-state index contributed by atoms with van der Waals surface area (Å²) in [7, 11) is 0.975. The summed E-state index contributed by atoms with van der Waals surface area (Å²) < 4.78 is 107. The molecule has 16 nitrogen and oxygen atoms in total. The lowest BCUT2D eigenvalue weighted by Crippen LogP contribution is -2.02. The van der Waals surface area contributed by atoms with Crippen LogP contribution in [0.1, 0.15) is 0 Å². The van der Waals surface area contributed by atoms with E-state index in [2.05, 4.69) is 38.7 Å². The Labute approximate surface area is 195 Å². The van der Waals surface area contributed by atoms with Gasteiger partial charge in [-0.2, -0.15) is 21.0 Å². The molecule has 0 aliphatic carbocycles. The Morgan fingerprint density at radius 2 is 0.875 bits per heavy atom. The summed E-state index contributed by atoms with van der Waals surface area (Å²) in [5, 5.41) is 0. The van der Waals surface area contributed by atoms with E-state index >= 15 is 0 Å². The third-order valence-electron chi connectivity index (χ3n) is 1.89. The zero-order valence-corrected chi connectivity index (χ0v) is 23.8. The van der Waals surface area contributed by atoms with Gasteiger partial charge in [0, 0.05) is 27.6 Å². The van der Waals surface area contributed by atoms with Crippen molar-refractivity contribution in [3.63, 3.8) is 0 Å². The van der Waals surface area contributed by atoms with E-state index in [1.54, 1.807) is 0 Å². The Morgan fingerprint density at radius 1 is 0.625 bits per heavy atom. The second-order valence-corrected chi connectivity index (χ2v) is 11.1. The van der Waals surface area contributed by atoms with Gasteiger partial charge in [-0.3, -0.25) is 38.7 Å². The van der Waals surface area contributed by atoms with Gasteiger partial charge in [0.1, 0.15) is 0 Å². The normalized spacial score (nSPS) is 11.9. The highest BCUT2D eigenvalue weighted by molar-refractivity contribution is 7.86. The molecule has 0 aromatic rings. The molecule has 1 unspecified atom stereocenters. The van der Waals surface area contributed by atoms with Crippen LogP contribution in [-0.2, 0) is 86.2 Å². The fourth-order valence-corrected chi connectivity index (χ4v) is 1.08. The molecule has 0 radical (unpaired) electrons. The summed E-state index contributed by atoms with van der Waals surface area (Å²) in [6.07, 6.45) is 2.47. The SMILES string of the molecule is COP(=O)(OC)OC.COS(=O)(=O)OC.COS(=O)OC.COS(C)(=O)=O.COS(C)=O. The van der Waals surface area contributed by atoms with E-state index in [0.717, 1.165) is 27.6 Å². The van der Waals surface area contributed by atoms with Crippen molar-refractivity contribution in [3.05, 3.63) is 0 Å². The summed E-state index contributed by atoms with van der Waals surface area (Å²) in [5.41, 5.74) is 0. The first kappa shape index (κ1) is 42.2. The van der Waals surface area contributed by atoms with E-state index in [1.165, 1.54) is 48.9 Å². The molecule has 32 heavy (non-hydrogen) atoms. The predicted molar refractivity (Wildman–Crippen MR) is 117 cm³/mol. The van der Waals surface area contributed by atoms with Crippen LogP contribution in [0.3, 0.4) is 0 Å². The monoisotopic (exact) mass is 580 g/mol. The van der Waals surface area contributed by atoms with Gasteiger partial charge in [0.2, 0.25) is 0 Å². The van der Waals surface area contributed by atoms with Gasteiger partial charge in [-0.05, 0) is 0 Å². The Bertz CT molecular complexity index is 672. The molecule has 21 heteroatoms. The highest BCUT2D eigenvalue weighted by Gasteiger charge is 2.18. The van der Waals surface area contributed by atoms with Crippen molar-refractivity contribution in [3.8, 4) is 0 Å². The standard InChI is InChI=1S/C3H9O4P.C2H6O4S.2C2H6O3S.C2H6O2S/c1-5-8(4,6-2)7-3;1-5-7(3,4)6-2;1-5-6(2,3)4;1-4-6(3)5-2;1-4-5(2)3/h1-3H3;1-2H3;2*1-2H3;1-2H3. The van der Waals surface area contributed by atoms with E-state index in [1.807, 2.05) is 0 Å². The van der Waals surface area contributed by atoms with Crippen molar-refractivity contribution in [2.75, 3.05) is 76.5 Å². The maximum absolute atomic E-state index is 10.7. The molecule has 0 saturated carbocycles. The highest BCUT2D eigenvalue weighted by Crippen LogP contribution is 2.46. The maximum atomic E-state index is 10.7. The van der Waals surface area contributed by atoms with Gasteiger partial charge in [-0.15, -0.1) is 0 Å². The van der Waals surface area contributed by atoms with Crippen LogP contribution < -0.4 is 0 Å². The number of hydrogen-bond donors (Lipinski definition) is 0. The second kappa shape index (κ2) is 25.7. The average Bonchev–Trinajstić information content (AvgIpc) is 2.78. The average molecular weight is 581 g/mol. The van der Waals surface area contributed by atoms with Crippen molar-refractivity contribution in [1.82, 2.24) is 0 Å². The number of phosphoric acid groups is 1. The van der Waals surface area contributed by atoms with E-state index in [0.29, 0.717) is 0 Å². The summed E-state index contributed by atoms with van der Waals surface area (Å²) in [6, 6.07) is 0. The molecule has 0 aromatic carbocycles. The molecular weight excluding hydrogens is 547 g/mol. The van der Waals surface area contributed by atoms with Crippen LogP contribution in [0.15, 0.2) is 0 Å². The van der Waals surface area contributed by atoms with Gasteiger partial charge in [0.15, 0.2) is 11.1 Å². The molecule has 0 N–H and O–H groups in total. The third kappa shape index (κ3) is 43.9. The zero-order valence-electron chi connectivity index (χ0n) is 19.6. The molecule has 0 heterocycles. The zero-order chi connectivity index (χ0) is 27.0. The smallest absolute Gasteiger partial charge is 0.294 e. The van der Waals surface area contributed by atoms with Crippen LogP contribution in [0.4, 0.5) is 0 Å². The number of hydrogen-bond acceptors (Lipinski definition) is 16. The van der Waals surface area contributed by atoms with E-state index in [-0.39, 0.29) is 0 Å². The molecule has 0 saturated heterocycles. The van der Waals surface area contributed by atoms with Crippen LogP contribution in [0.2, 0.25) is 0 Å². The van der Waals surface area contributed by atoms with Gasteiger partial charge in [-0.1, -0.05) is 0 Å². The molecule has 202 valence electrons. The molecule has 0 fully saturated rings. The summed E-state index contributed by atoms with van der Waals surface area (Å²) in [4.78, 5) is 0. The van der Waals surface area contributed by atoms with Crippen LogP contribution in [0, 0.1) is 0 Å². The van der Waals surface area contributed by atoms with Crippen molar-refractivity contribution >= 4 is 50.8 Å². The maximum Gasteiger partial charge on any atom is 0.473 e. The van der Waals surface area contributed by atoms with Crippen LogP contribution in [-0.4, -0.2) is 102 Å². The van der Waals surface area contributed by atoms with Gasteiger partial charge in [-0.25, -0.2) is 8.77 Å². The van der Waals surface area contributed by atoms with E-state index < -0.39 is 50.8 Å². The first-order valence-corrected chi connectivity index (χ1v) is 14.3. The van der Waals surface area contributed by atoms with E-state index in [9.17, 15) is 29.8 Å². The Balaban J connectivity index is -0.0000000958. The molecule has 0 spiro atoms. The summed E-state index contributed by atoms with van der Waals surface area (Å²) >= 11 is -2.61. The largest absolute Gasteiger partial charge is 0.473 e. The Hall–Kier alpha value is 0.0700. The van der Waals surface area contributed by atoms with Gasteiger partial charge < -0.3 is 0 Å². The molecule has 0 aromatic heterocycles. The second-order valence-electron chi connectivity index (χ2n) is 3.71. The lowest BCUT2D eigenvalue weighted by atomic mass is 11.8. The number of phosphoric ester groups is 1. The van der Waals surface area contributed by atoms with E-state index in [4.69, 9.17) is 0 Å². The minimum absolute atomic E-state index is 0.993. The van der Waals surface area contributed by atoms with Crippen molar-refractivity contribution in [2.45, 2.75) is 0 Å². The van der Waals surface area contributed by atoms with Gasteiger partial charge in [0.25, 0.3) is 10.1 Å². The minimum atomic E-state index is -3.66. The number of rotatable bonds is 9. The Morgan fingerprint density at radius 3 is 0.875 bits per heavy atom. The molecule has 1 atom stereocenters. The lowest BCUT2D eigenvalue weighted by molar-refractivity contribution is 0.178. The molecule has 0 bridgehead atoms. The third-order valence-corrected chi connectivity index (χ3v) is 5.67. The van der Waals surface area contributed by atoms with Crippen molar-refractivity contribution in [1.29, 1.82) is 0 Å². The van der Waals surface area contributed by atoms with Crippen LogP contribution in [0.5, 0.6) is 0 Å². The minimum Gasteiger partial charge on any atom is -0.294 e. The molecular formula is C11H33O16PS4. The topological polar surface area (TPSA) is 203 Å². The lowest BCUT2D eigenvalue weighted by Gasteiger charge is -2.08. The first-order chi connectivity index (χ1) is 14.4. The summed E-state index contributed by atoms with van der Waals surface area (Å²) in [6.45, 7) is 0. The molecule has 0 rings (SSSR count). The van der Waals surface area contributed by atoms with Gasteiger partial charge in [0.05, 0.1) is 48.9 Å². The fourth-order valence-electron chi connectivity index (χ4n) is 0.360. The predicted octanol–water partition coefficient (Wildman–Crippen LogP) is -0.0657. The molecule has 0 aliphatic heterocycles. The highest BCUT2D eigenvalue weighted by atomic mass is 32.3. The van der Waals surface area contributed by atoms with Crippen molar-refractivity contribution < 1.29 is 68.5 Å².